The second-order valence-electron chi connectivity index (χ2n) is 7.79. The number of carbonyl (C=O) groups excluding carboxylic acids is 2. The minimum absolute atomic E-state index is 0.156. The fourth-order valence-electron chi connectivity index (χ4n) is 4.01. The monoisotopic (exact) mass is 492 g/mol. The molecule has 0 unspecified atom stereocenters. The van der Waals surface area contributed by atoms with Crippen LogP contribution in [0.5, 0.6) is 5.75 Å². The highest BCUT2D eigenvalue weighted by atomic mass is 32.1. The molecule has 6 nitrogen and oxygen atoms in total. The Morgan fingerprint density at radius 3 is 2.40 bits per heavy atom. The molecule has 0 bridgehead atoms. The Hall–Kier alpha value is -4.11. The van der Waals surface area contributed by atoms with Crippen LogP contribution in [0.2, 0.25) is 0 Å². The number of fused-ring (bicyclic) bond motifs is 1. The zero-order valence-corrected chi connectivity index (χ0v) is 19.2. The van der Waals surface area contributed by atoms with E-state index in [2.05, 4.69) is 4.98 Å². The first-order valence-corrected chi connectivity index (χ1v) is 11.5. The number of Topliss-reactive ketones (excluding diaryl/α,β-unsaturated/α-hetero) is 1. The lowest BCUT2D eigenvalue weighted by molar-refractivity contribution is -0.132. The fraction of sp³-hybridized carbons (Fsp3) is 0.115. The molecule has 2 heterocycles. The van der Waals surface area contributed by atoms with Crippen molar-refractivity contribution in [2.24, 2.45) is 0 Å². The first-order chi connectivity index (χ1) is 16.9. The van der Waals surface area contributed by atoms with Gasteiger partial charge >= 0.3 is 5.91 Å². The molecule has 0 spiro atoms. The van der Waals surface area contributed by atoms with E-state index < -0.39 is 29.4 Å². The number of anilines is 1. The quantitative estimate of drug-likeness (QED) is 0.223. The topological polar surface area (TPSA) is 79.7 Å². The van der Waals surface area contributed by atoms with Crippen LogP contribution in [0.15, 0.2) is 72.3 Å². The molecular formula is C26H18F2N2O4S. The number of ether oxygens (including phenoxy) is 1. The molecule has 4 aromatic rings. The number of nitrogens with zero attached hydrogens (tertiary/aromatic N) is 2. The van der Waals surface area contributed by atoms with Gasteiger partial charge < -0.3 is 9.84 Å². The molecule has 9 heteroatoms. The van der Waals surface area contributed by atoms with E-state index in [9.17, 15) is 23.5 Å². The molecule has 1 aromatic heterocycles. The van der Waals surface area contributed by atoms with Crippen LogP contribution < -0.4 is 9.64 Å². The van der Waals surface area contributed by atoms with E-state index in [0.29, 0.717) is 33.7 Å². The highest BCUT2D eigenvalue weighted by Crippen LogP contribution is 2.44. The van der Waals surface area contributed by atoms with Crippen molar-refractivity contribution in [3.63, 3.8) is 0 Å². The molecule has 1 saturated heterocycles. The SMILES string of the molecule is CCOc1ccc(/C(O)=C2\C(=O)C(=O)N(c3nc4ccc(F)cc4s3)[C@@H]2c2ccc(F)cc2)cc1. The van der Waals surface area contributed by atoms with Crippen LogP contribution in [-0.4, -0.2) is 28.4 Å². The van der Waals surface area contributed by atoms with Crippen molar-refractivity contribution in [3.8, 4) is 5.75 Å². The third kappa shape index (κ3) is 4.04. The van der Waals surface area contributed by atoms with Gasteiger partial charge in [-0.3, -0.25) is 14.5 Å². The highest BCUT2D eigenvalue weighted by molar-refractivity contribution is 7.22. The number of aliphatic hydroxyl groups excluding tert-OH is 1. The maximum Gasteiger partial charge on any atom is 0.301 e. The standard InChI is InChI=1S/C26H18F2N2O4S/c1-2-34-18-10-5-15(6-11-18)23(31)21-22(14-3-7-16(27)8-4-14)30(25(33)24(21)32)26-29-19-12-9-17(28)13-20(19)35-26/h3-13,22,31H,2H2,1H3/b23-21+/t22-/m1/s1. The number of hydrogen-bond acceptors (Lipinski definition) is 6. The van der Waals surface area contributed by atoms with Crippen LogP contribution >= 0.6 is 11.3 Å². The first kappa shape index (κ1) is 22.7. The van der Waals surface area contributed by atoms with Gasteiger partial charge in [-0.2, -0.15) is 0 Å². The van der Waals surface area contributed by atoms with Gasteiger partial charge in [0.25, 0.3) is 5.78 Å². The van der Waals surface area contributed by atoms with E-state index in [1.165, 1.54) is 42.5 Å². The van der Waals surface area contributed by atoms with Crippen LogP contribution in [0.25, 0.3) is 16.0 Å². The number of ketones is 1. The summed E-state index contributed by atoms with van der Waals surface area (Å²) >= 11 is 1.04. The number of hydrogen-bond donors (Lipinski definition) is 1. The van der Waals surface area contributed by atoms with Gasteiger partial charge in [-0.05, 0) is 67.1 Å². The number of carbonyl (C=O) groups is 2. The minimum atomic E-state index is -1.06. The predicted molar refractivity (Wildman–Crippen MR) is 128 cm³/mol. The molecule has 1 atom stereocenters. The molecule has 5 rings (SSSR count). The summed E-state index contributed by atoms with van der Waals surface area (Å²) in [7, 11) is 0. The van der Waals surface area contributed by atoms with E-state index in [0.717, 1.165) is 16.2 Å². The Bertz CT molecular complexity index is 1480. The van der Waals surface area contributed by atoms with Crippen LogP contribution in [-0.2, 0) is 9.59 Å². The highest BCUT2D eigenvalue weighted by Gasteiger charge is 2.48. The summed E-state index contributed by atoms with van der Waals surface area (Å²) < 4.78 is 33.3. The van der Waals surface area contributed by atoms with Crippen molar-refractivity contribution in [2.45, 2.75) is 13.0 Å². The summed E-state index contributed by atoms with van der Waals surface area (Å²) in [4.78, 5) is 32.0. The zero-order valence-electron chi connectivity index (χ0n) is 18.4. The minimum Gasteiger partial charge on any atom is -0.507 e. The Morgan fingerprint density at radius 1 is 1.03 bits per heavy atom. The van der Waals surface area contributed by atoms with Crippen LogP contribution in [0.3, 0.4) is 0 Å². The first-order valence-electron chi connectivity index (χ1n) is 10.7. The second kappa shape index (κ2) is 8.92. The van der Waals surface area contributed by atoms with E-state index in [1.54, 1.807) is 24.3 Å². The molecule has 1 aliphatic rings. The average molecular weight is 493 g/mol. The molecule has 1 amide bonds. The van der Waals surface area contributed by atoms with Crippen molar-refractivity contribution in [1.82, 2.24) is 4.98 Å². The van der Waals surface area contributed by atoms with Crippen molar-refractivity contribution < 1.29 is 28.2 Å². The molecule has 1 fully saturated rings. The summed E-state index contributed by atoms with van der Waals surface area (Å²) in [6, 6.07) is 14.7. The van der Waals surface area contributed by atoms with Crippen molar-refractivity contribution in [2.75, 3.05) is 11.5 Å². The van der Waals surface area contributed by atoms with Gasteiger partial charge in [0.05, 0.1) is 28.4 Å². The largest absolute Gasteiger partial charge is 0.507 e. The molecular weight excluding hydrogens is 474 g/mol. The molecule has 35 heavy (non-hydrogen) atoms. The van der Waals surface area contributed by atoms with Crippen LogP contribution in [0.1, 0.15) is 24.1 Å². The van der Waals surface area contributed by atoms with Crippen molar-refractivity contribution in [1.29, 1.82) is 0 Å². The molecule has 0 saturated carbocycles. The molecule has 1 aliphatic heterocycles. The molecule has 3 aromatic carbocycles. The number of amides is 1. The number of benzene rings is 3. The third-order valence-corrected chi connectivity index (χ3v) is 6.63. The summed E-state index contributed by atoms with van der Waals surface area (Å²) in [5.74, 6) is -2.55. The smallest absolute Gasteiger partial charge is 0.301 e. The summed E-state index contributed by atoms with van der Waals surface area (Å²) in [6.45, 7) is 2.31. The summed E-state index contributed by atoms with van der Waals surface area (Å²) in [5.41, 5.74) is 1.02. The van der Waals surface area contributed by atoms with Crippen LogP contribution in [0.4, 0.5) is 13.9 Å². The van der Waals surface area contributed by atoms with Gasteiger partial charge in [0.2, 0.25) is 0 Å². The van der Waals surface area contributed by atoms with Gasteiger partial charge in [0, 0.05) is 5.56 Å². The van der Waals surface area contributed by atoms with Gasteiger partial charge in [-0.1, -0.05) is 23.5 Å². The normalized spacial score (nSPS) is 17.3. The molecule has 0 radical (unpaired) electrons. The summed E-state index contributed by atoms with van der Waals surface area (Å²) in [6.07, 6.45) is 0. The number of thiazole rings is 1. The predicted octanol–water partition coefficient (Wildman–Crippen LogP) is 5.60. The van der Waals surface area contributed by atoms with E-state index in [4.69, 9.17) is 4.74 Å². The number of aromatic nitrogens is 1. The average Bonchev–Trinajstić information content (AvgIpc) is 3.37. The Balaban J connectivity index is 1.68. The number of aliphatic hydroxyl groups is 1. The van der Waals surface area contributed by atoms with E-state index in [1.807, 2.05) is 6.92 Å². The Morgan fingerprint density at radius 2 is 1.71 bits per heavy atom. The lowest BCUT2D eigenvalue weighted by Gasteiger charge is -2.23. The zero-order chi connectivity index (χ0) is 24.7. The Kier molecular flexibility index (Phi) is 5.78. The van der Waals surface area contributed by atoms with Crippen LogP contribution in [0, 0.1) is 11.6 Å². The molecule has 0 aliphatic carbocycles. The summed E-state index contributed by atoms with van der Waals surface area (Å²) in [5, 5.41) is 11.3. The van der Waals surface area contributed by atoms with Crippen molar-refractivity contribution >= 4 is 44.1 Å². The molecule has 176 valence electrons. The van der Waals surface area contributed by atoms with Gasteiger partial charge in [-0.15, -0.1) is 0 Å². The lowest BCUT2D eigenvalue weighted by Crippen LogP contribution is -2.29. The van der Waals surface area contributed by atoms with E-state index in [-0.39, 0.29) is 16.5 Å². The number of rotatable bonds is 5. The number of halogens is 2. The Labute approximate surface area is 202 Å². The van der Waals surface area contributed by atoms with Gasteiger partial charge in [-0.25, -0.2) is 13.8 Å². The third-order valence-electron chi connectivity index (χ3n) is 5.61. The van der Waals surface area contributed by atoms with E-state index >= 15 is 0 Å². The molecule has 1 N–H and O–H groups in total. The van der Waals surface area contributed by atoms with Crippen molar-refractivity contribution in [3.05, 3.63) is 95.1 Å². The fourth-order valence-corrected chi connectivity index (χ4v) is 5.03. The second-order valence-corrected chi connectivity index (χ2v) is 8.80. The van der Waals surface area contributed by atoms with Gasteiger partial charge in [0.1, 0.15) is 23.1 Å². The lowest BCUT2D eigenvalue weighted by atomic mass is 9.95. The maximum absolute atomic E-state index is 13.7. The van der Waals surface area contributed by atoms with Gasteiger partial charge in [0.15, 0.2) is 5.13 Å². The maximum atomic E-state index is 13.7.